The number of ether oxygens (including phenoxy) is 1. The summed E-state index contributed by atoms with van der Waals surface area (Å²) >= 11 is 0. The van der Waals surface area contributed by atoms with Crippen LogP contribution in [0.15, 0.2) is 24.3 Å². The van der Waals surface area contributed by atoms with Gasteiger partial charge in [0.2, 0.25) is 10.0 Å². The van der Waals surface area contributed by atoms with Crippen molar-refractivity contribution in [2.24, 2.45) is 0 Å². The van der Waals surface area contributed by atoms with Crippen LogP contribution in [0.4, 0.5) is 9.18 Å². The van der Waals surface area contributed by atoms with E-state index in [1.165, 1.54) is 18.2 Å². The van der Waals surface area contributed by atoms with Crippen molar-refractivity contribution in [1.29, 1.82) is 0 Å². The standard InChI is InChI=1S/C17H25FN2O4S/c1-17(2,3)24-16(21)20-9-5-8-15(20)11-19-25(22,23)12-13-6-4-7-14(18)10-13/h4,6-7,10,15,19H,5,8-9,11-12H2,1-3H3. The van der Waals surface area contributed by atoms with E-state index < -0.39 is 27.5 Å². The van der Waals surface area contributed by atoms with Gasteiger partial charge in [0, 0.05) is 19.1 Å². The van der Waals surface area contributed by atoms with Gasteiger partial charge in [-0.1, -0.05) is 12.1 Å². The fraction of sp³-hybridized carbons (Fsp3) is 0.588. The summed E-state index contributed by atoms with van der Waals surface area (Å²) < 4.78 is 45.5. The molecule has 8 heteroatoms. The van der Waals surface area contributed by atoms with E-state index in [2.05, 4.69) is 4.72 Å². The highest BCUT2D eigenvalue weighted by Gasteiger charge is 2.32. The van der Waals surface area contributed by atoms with E-state index in [9.17, 15) is 17.6 Å². The highest BCUT2D eigenvalue weighted by molar-refractivity contribution is 7.88. The summed E-state index contributed by atoms with van der Waals surface area (Å²) in [5.74, 6) is -0.774. The number of benzene rings is 1. The number of sulfonamides is 1. The van der Waals surface area contributed by atoms with Gasteiger partial charge in [0.05, 0.1) is 5.75 Å². The molecule has 1 unspecified atom stereocenters. The van der Waals surface area contributed by atoms with Gasteiger partial charge < -0.3 is 9.64 Å². The van der Waals surface area contributed by atoms with Crippen LogP contribution in [0.1, 0.15) is 39.2 Å². The zero-order valence-corrected chi connectivity index (χ0v) is 15.6. The molecular formula is C17H25FN2O4S. The van der Waals surface area contributed by atoms with Crippen LogP contribution in [0, 0.1) is 5.82 Å². The first kappa shape index (κ1) is 19.7. The maximum atomic E-state index is 13.2. The Bertz CT molecular complexity index is 716. The molecule has 1 saturated heterocycles. The van der Waals surface area contributed by atoms with Gasteiger partial charge in [-0.25, -0.2) is 22.3 Å². The highest BCUT2D eigenvalue weighted by Crippen LogP contribution is 2.20. The van der Waals surface area contributed by atoms with E-state index >= 15 is 0 Å². The van der Waals surface area contributed by atoms with Crippen LogP contribution in [0.2, 0.25) is 0 Å². The topological polar surface area (TPSA) is 75.7 Å². The minimum atomic E-state index is -3.62. The molecule has 0 spiro atoms. The molecule has 1 atom stereocenters. The lowest BCUT2D eigenvalue weighted by atomic mass is 10.2. The van der Waals surface area contributed by atoms with Crippen LogP contribution in [0.5, 0.6) is 0 Å². The highest BCUT2D eigenvalue weighted by atomic mass is 32.2. The molecule has 1 aliphatic rings. The number of halogens is 1. The fourth-order valence-electron chi connectivity index (χ4n) is 2.73. The summed E-state index contributed by atoms with van der Waals surface area (Å²) in [5.41, 5.74) is -0.218. The van der Waals surface area contributed by atoms with Crippen LogP contribution < -0.4 is 4.72 Å². The van der Waals surface area contributed by atoms with E-state index in [1.807, 2.05) is 0 Å². The van der Waals surface area contributed by atoms with Gasteiger partial charge in [-0.15, -0.1) is 0 Å². The molecule has 6 nitrogen and oxygen atoms in total. The number of carbonyl (C=O) groups excluding carboxylic acids is 1. The Balaban J connectivity index is 1.93. The second-order valence-electron chi connectivity index (χ2n) is 7.21. The van der Waals surface area contributed by atoms with Crippen LogP contribution in [0.3, 0.4) is 0 Å². The molecule has 0 bridgehead atoms. The molecule has 0 aromatic heterocycles. The quantitative estimate of drug-likeness (QED) is 0.862. The molecule has 0 aliphatic carbocycles. The summed E-state index contributed by atoms with van der Waals surface area (Å²) in [4.78, 5) is 13.8. The Hall–Kier alpha value is -1.67. The molecular weight excluding hydrogens is 347 g/mol. The van der Waals surface area contributed by atoms with E-state index in [0.717, 1.165) is 6.42 Å². The second-order valence-corrected chi connectivity index (χ2v) is 9.01. The number of hydrogen-bond donors (Lipinski definition) is 1. The van der Waals surface area contributed by atoms with Crippen LogP contribution in [-0.4, -0.2) is 44.1 Å². The Morgan fingerprint density at radius 3 is 2.76 bits per heavy atom. The van der Waals surface area contributed by atoms with E-state index in [-0.39, 0.29) is 18.3 Å². The van der Waals surface area contributed by atoms with Gasteiger partial charge in [-0.2, -0.15) is 0 Å². The van der Waals surface area contributed by atoms with Crippen molar-refractivity contribution >= 4 is 16.1 Å². The molecule has 1 amide bonds. The fourth-order valence-corrected chi connectivity index (χ4v) is 3.90. The van der Waals surface area contributed by atoms with Gasteiger partial charge in [0.15, 0.2) is 0 Å². The maximum absolute atomic E-state index is 13.2. The molecule has 1 heterocycles. The Morgan fingerprint density at radius 2 is 2.12 bits per heavy atom. The van der Waals surface area contributed by atoms with Crippen molar-refractivity contribution in [1.82, 2.24) is 9.62 Å². The lowest BCUT2D eigenvalue weighted by Crippen LogP contribution is -2.45. The molecule has 2 rings (SSSR count). The molecule has 1 N–H and O–H groups in total. The van der Waals surface area contributed by atoms with Crippen molar-refractivity contribution in [3.63, 3.8) is 0 Å². The Kier molecular flexibility index (Phi) is 6.05. The third-order valence-electron chi connectivity index (χ3n) is 3.79. The normalized spacial score (nSPS) is 18.4. The van der Waals surface area contributed by atoms with E-state index in [0.29, 0.717) is 18.5 Å². The predicted molar refractivity (Wildman–Crippen MR) is 93.0 cm³/mol. The number of rotatable bonds is 5. The molecule has 140 valence electrons. The number of nitrogens with one attached hydrogen (secondary N) is 1. The van der Waals surface area contributed by atoms with Gasteiger partial charge >= 0.3 is 6.09 Å². The van der Waals surface area contributed by atoms with E-state index in [1.54, 1.807) is 31.7 Å². The molecule has 25 heavy (non-hydrogen) atoms. The largest absolute Gasteiger partial charge is 0.444 e. The number of carbonyl (C=O) groups is 1. The summed E-state index contributed by atoms with van der Waals surface area (Å²) in [6, 6.07) is 5.26. The molecule has 0 radical (unpaired) electrons. The lowest BCUT2D eigenvalue weighted by Gasteiger charge is -2.28. The summed E-state index contributed by atoms with van der Waals surface area (Å²) in [5, 5.41) is 0. The van der Waals surface area contributed by atoms with Crippen molar-refractivity contribution in [3.05, 3.63) is 35.6 Å². The number of hydrogen-bond acceptors (Lipinski definition) is 4. The van der Waals surface area contributed by atoms with E-state index in [4.69, 9.17) is 4.74 Å². The summed E-state index contributed by atoms with van der Waals surface area (Å²) in [6.45, 7) is 6.04. The first-order valence-corrected chi connectivity index (χ1v) is 9.92. The van der Waals surface area contributed by atoms with Crippen molar-refractivity contribution < 1.29 is 22.3 Å². The van der Waals surface area contributed by atoms with Crippen molar-refractivity contribution in [2.45, 2.75) is 51.0 Å². The average molecular weight is 372 g/mol. The van der Waals surface area contributed by atoms with Gasteiger partial charge in [0.25, 0.3) is 0 Å². The lowest BCUT2D eigenvalue weighted by molar-refractivity contribution is 0.0229. The first-order chi connectivity index (χ1) is 11.6. The zero-order valence-electron chi connectivity index (χ0n) is 14.8. The van der Waals surface area contributed by atoms with Crippen LogP contribution in [-0.2, 0) is 20.5 Å². The zero-order chi connectivity index (χ0) is 18.7. The number of nitrogens with zero attached hydrogens (tertiary/aromatic N) is 1. The monoisotopic (exact) mass is 372 g/mol. The Morgan fingerprint density at radius 1 is 1.40 bits per heavy atom. The van der Waals surface area contributed by atoms with Crippen LogP contribution in [0.25, 0.3) is 0 Å². The Labute approximate surface area is 148 Å². The van der Waals surface area contributed by atoms with Gasteiger partial charge in [-0.3, -0.25) is 0 Å². The molecule has 1 aromatic rings. The van der Waals surface area contributed by atoms with Crippen molar-refractivity contribution in [2.75, 3.05) is 13.1 Å². The third-order valence-corrected chi connectivity index (χ3v) is 5.11. The summed E-state index contributed by atoms with van der Waals surface area (Å²) in [6.07, 6.45) is 1.08. The predicted octanol–water partition coefficient (Wildman–Crippen LogP) is 2.64. The second kappa shape index (κ2) is 7.70. The number of amides is 1. The van der Waals surface area contributed by atoms with Crippen molar-refractivity contribution in [3.8, 4) is 0 Å². The summed E-state index contributed by atoms with van der Waals surface area (Å²) in [7, 11) is -3.62. The molecule has 0 saturated carbocycles. The van der Waals surface area contributed by atoms with Crippen LogP contribution >= 0.6 is 0 Å². The van der Waals surface area contributed by atoms with Gasteiger partial charge in [0.1, 0.15) is 11.4 Å². The first-order valence-electron chi connectivity index (χ1n) is 8.27. The SMILES string of the molecule is CC(C)(C)OC(=O)N1CCCC1CNS(=O)(=O)Cc1cccc(F)c1. The third kappa shape index (κ3) is 6.28. The molecule has 1 aliphatic heterocycles. The smallest absolute Gasteiger partial charge is 0.410 e. The molecule has 1 aromatic carbocycles. The minimum Gasteiger partial charge on any atom is -0.444 e. The maximum Gasteiger partial charge on any atom is 0.410 e. The average Bonchev–Trinajstić information content (AvgIpc) is 2.91. The molecule has 1 fully saturated rings. The minimum absolute atomic E-state index is 0.122. The van der Waals surface area contributed by atoms with Gasteiger partial charge in [-0.05, 0) is 51.3 Å². The number of likely N-dealkylation sites (tertiary alicyclic amines) is 1.